The molecule has 3 heterocycles. The number of nitrogens with zero attached hydrogens (tertiary/aromatic N) is 4. The Balaban J connectivity index is 1.26. The number of halogens is 3. The van der Waals surface area contributed by atoms with Crippen LogP contribution in [0.4, 0.5) is 19.0 Å². The second-order valence-electron chi connectivity index (χ2n) is 7.83. The van der Waals surface area contributed by atoms with Gasteiger partial charge in [0.15, 0.2) is 0 Å². The lowest BCUT2D eigenvalue weighted by atomic mass is 10.1. The fourth-order valence-corrected chi connectivity index (χ4v) is 4.03. The van der Waals surface area contributed by atoms with E-state index in [0.29, 0.717) is 26.2 Å². The van der Waals surface area contributed by atoms with Crippen molar-refractivity contribution in [3.63, 3.8) is 0 Å². The van der Waals surface area contributed by atoms with Crippen molar-refractivity contribution >= 4 is 22.8 Å². The molecule has 1 aliphatic rings. The van der Waals surface area contributed by atoms with Gasteiger partial charge in [-0.1, -0.05) is 24.3 Å². The van der Waals surface area contributed by atoms with Gasteiger partial charge in [0.05, 0.1) is 22.2 Å². The largest absolute Gasteiger partial charge is 0.417 e. The summed E-state index contributed by atoms with van der Waals surface area (Å²) < 4.78 is 39.8. The molecule has 168 valence electrons. The molecule has 0 bridgehead atoms. The molecule has 0 saturated carbocycles. The number of piperazine rings is 1. The Labute approximate surface area is 187 Å². The number of pyridine rings is 1. The maximum absolute atomic E-state index is 13.3. The van der Waals surface area contributed by atoms with Crippen molar-refractivity contribution in [2.75, 3.05) is 31.1 Å². The maximum atomic E-state index is 13.3. The molecule has 1 saturated heterocycles. The van der Waals surface area contributed by atoms with Crippen LogP contribution in [-0.2, 0) is 6.18 Å². The number of carbonyl (C=O) groups excluding carboxylic acids is 1. The van der Waals surface area contributed by atoms with Crippen LogP contribution in [0.2, 0.25) is 0 Å². The first-order chi connectivity index (χ1) is 15.9. The Hall–Kier alpha value is -3.88. The molecule has 0 spiro atoms. The molecular formula is C24H20F3N5O. The lowest BCUT2D eigenvalue weighted by molar-refractivity contribution is -0.138. The van der Waals surface area contributed by atoms with Gasteiger partial charge in [-0.2, -0.15) is 13.2 Å². The highest BCUT2D eigenvalue weighted by Gasteiger charge is 2.36. The lowest BCUT2D eigenvalue weighted by Gasteiger charge is -2.35. The Kier molecular flexibility index (Phi) is 5.24. The Morgan fingerprint density at radius 1 is 0.909 bits per heavy atom. The zero-order valence-electron chi connectivity index (χ0n) is 17.5. The first-order valence-electron chi connectivity index (χ1n) is 10.5. The fraction of sp³-hybridized carbons (Fsp3) is 0.208. The van der Waals surface area contributed by atoms with E-state index in [2.05, 4.69) is 15.0 Å². The highest BCUT2D eigenvalue weighted by molar-refractivity contribution is 5.96. The van der Waals surface area contributed by atoms with Crippen molar-refractivity contribution in [1.29, 1.82) is 0 Å². The molecule has 1 N–H and O–H groups in total. The summed E-state index contributed by atoms with van der Waals surface area (Å²) in [5.74, 6) is 0.877. The van der Waals surface area contributed by atoms with Gasteiger partial charge < -0.3 is 14.8 Å². The van der Waals surface area contributed by atoms with Crippen LogP contribution in [0.15, 0.2) is 66.9 Å². The van der Waals surface area contributed by atoms with E-state index in [9.17, 15) is 18.0 Å². The third kappa shape index (κ3) is 4.13. The van der Waals surface area contributed by atoms with Gasteiger partial charge >= 0.3 is 6.18 Å². The Morgan fingerprint density at radius 3 is 2.33 bits per heavy atom. The summed E-state index contributed by atoms with van der Waals surface area (Å²) in [7, 11) is 0. The van der Waals surface area contributed by atoms with Crippen molar-refractivity contribution in [1.82, 2.24) is 19.9 Å². The number of rotatable bonds is 3. The zero-order valence-corrected chi connectivity index (χ0v) is 17.5. The molecule has 0 unspecified atom stereocenters. The van der Waals surface area contributed by atoms with Gasteiger partial charge in [0.25, 0.3) is 5.91 Å². The van der Waals surface area contributed by atoms with E-state index in [-0.39, 0.29) is 5.56 Å². The van der Waals surface area contributed by atoms with E-state index in [0.717, 1.165) is 34.3 Å². The molecule has 5 rings (SSSR count). The van der Waals surface area contributed by atoms with Crippen LogP contribution < -0.4 is 4.90 Å². The van der Waals surface area contributed by atoms with E-state index in [4.69, 9.17) is 0 Å². The average molecular weight is 451 g/mol. The average Bonchev–Trinajstić information content (AvgIpc) is 3.28. The molecule has 0 aliphatic carbocycles. The van der Waals surface area contributed by atoms with E-state index >= 15 is 0 Å². The minimum Gasteiger partial charge on any atom is -0.353 e. The third-order valence-corrected chi connectivity index (χ3v) is 5.76. The van der Waals surface area contributed by atoms with Gasteiger partial charge in [-0.25, -0.2) is 9.97 Å². The van der Waals surface area contributed by atoms with Crippen LogP contribution in [0, 0.1) is 0 Å². The van der Waals surface area contributed by atoms with Crippen molar-refractivity contribution < 1.29 is 18.0 Å². The highest BCUT2D eigenvalue weighted by atomic mass is 19.4. The van der Waals surface area contributed by atoms with Crippen molar-refractivity contribution in [2.45, 2.75) is 6.18 Å². The van der Waals surface area contributed by atoms with Gasteiger partial charge in [-0.15, -0.1) is 0 Å². The van der Waals surface area contributed by atoms with Crippen LogP contribution in [-0.4, -0.2) is 51.9 Å². The Bertz CT molecular complexity index is 1260. The number of hydrogen-bond acceptors (Lipinski definition) is 4. The number of benzene rings is 2. The van der Waals surface area contributed by atoms with E-state index < -0.39 is 17.6 Å². The molecular weight excluding hydrogens is 431 g/mol. The molecule has 2 aromatic heterocycles. The maximum Gasteiger partial charge on any atom is 0.417 e. The van der Waals surface area contributed by atoms with Crippen LogP contribution >= 0.6 is 0 Å². The number of para-hydroxylation sites is 2. The zero-order chi connectivity index (χ0) is 23.0. The number of fused-ring (bicyclic) bond motifs is 1. The fourth-order valence-electron chi connectivity index (χ4n) is 4.03. The van der Waals surface area contributed by atoms with Crippen LogP contribution in [0.1, 0.15) is 15.9 Å². The molecule has 33 heavy (non-hydrogen) atoms. The molecule has 0 atom stereocenters. The summed E-state index contributed by atoms with van der Waals surface area (Å²) in [4.78, 5) is 28.6. The molecule has 0 radical (unpaired) electrons. The minimum atomic E-state index is -4.57. The number of carbonyl (C=O) groups is 1. The van der Waals surface area contributed by atoms with Crippen LogP contribution in [0.25, 0.3) is 22.4 Å². The number of H-pyrrole nitrogens is 1. The number of anilines is 1. The number of aromatic amines is 1. The molecule has 6 nitrogen and oxygen atoms in total. The Morgan fingerprint density at radius 2 is 1.64 bits per heavy atom. The summed E-state index contributed by atoms with van der Waals surface area (Å²) in [6.07, 6.45) is -2.83. The monoisotopic (exact) mass is 451 g/mol. The molecule has 1 amide bonds. The van der Waals surface area contributed by atoms with Gasteiger partial charge in [0.1, 0.15) is 11.6 Å². The molecule has 1 aliphatic heterocycles. The minimum absolute atomic E-state index is 0.313. The summed E-state index contributed by atoms with van der Waals surface area (Å²) in [6, 6.07) is 16.5. The van der Waals surface area contributed by atoms with E-state index in [1.165, 1.54) is 23.1 Å². The molecule has 1 fully saturated rings. The predicted molar refractivity (Wildman–Crippen MR) is 119 cm³/mol. The summed E-state index contributed by atoms with van der Waals surface area (Å²) in [6.45, 7) is 1.60. The van der Waals surface area contributed by atoms with Gasteiger partial charge in [0.2, 0.25) is 0 Å². The highest BCUT2D eigenvalue weighted by Crippen LogP contribution is 2.32. The number of imidazole rings is 1. The summed E-state index contributed by atoms with van der Waals surface area (Å²) >= 11 is 0. The van der Waals surface area contributed by atoms with Crippen LogP contribution in [0.5, 0.6) is 0 Å². The lowest BCUT2D eigenvalue weighted by Crippen LogP contribution is -2.49. The SMILES string of the molecule is O=C(c1ccccc1C(F)(F)F)N1CCN(c2ccc(-c3nc4ccccc4[nH]3)cn2)CC1. The van der Waals surface area contributed by atoms with Gasteiger partial charge in [-0.05, 0) is 36.4 Å². The molecule has 2 aromatic carbocycles. The predicted octanol–water partition coefficient (Wildman–Crippen LogP) is 4.61. The standard InChI is InChI=1S/C24H20F3N5O/c25-24(26,27)18-6-2-1-5-17(18)23(33)32-13-11-31(12-14-32)21-10-9-16(15-28-21)22-29-19-7-3-4-8-20(19)30-22/h1-10,15H,11-14H2,(H,29,30). The number of alkyl halides is 3. The van der Waals surface area contributed by atoms with Crippen molar-refractivity contribution in [3.8, 4) is 11.4 Å². The second kappa shape index (κ2) is 8.23. The number of amides is 1. The molecule has 4 aromatic rings. The van der Waals surface area contributed by atoms with E-state index in [1.807, 2.05) is 41.3 Å². The quantitative estimate of drug-likeness (QED) is 0.494. The topological polar surface area (TPSA) is 65.1 Å². The normalized spacial score (nSPS) is 14.6. The van der Waals surface area contributed by atoms with Gasteiger partial charge in [-0.3, -0.25) is 4.79 Å². The number of nitrogens with one attached hydrogen (secondary N) is 1. The first kappa shape index (κ1) is 21.0. The third-order valence-electron chi connectivity index (χ3n) is 5.76. The number of hydrogen-bond donors (Lipinski definition) is 1. The summed E-state index contributed by atoms with van der Waals surface area (Å²) in [5, 5.41) is 0. The second-order valence-corrected chi connectivity index (χ2v) is 7.83. The molecule has 9 heteroatoms. The van der Waals surface area contributed by atoms with Crippen molar-refractivity contribution in [2.24, 2.45) is 0 Å². The first-order valence-corrected chi connectivity index (χ1v) is 10.5. The van der Waals surface area contributed by atoms with Crippen LogP contribution in [0.3, 0.4) is 0 Å². The van der Waals surface area contributed by atoms with E-state index in [1.54, 1.807) is 6.20 Å². The summed E-state index contributed by atoms with van der Waals surface area (Å²) in [5.41, 5.74) is 1.47. The van der Waals surface area contributed by atoms with Crippen molar-refractivity contribution in [3.05, 3.63) is 78.0 Å². The number of aromatic nitrogens is 3. The smallest absolute Gasteiger partial charge is 0.353 e. The van der Waals surface area contributed by atoms with Gasteiger partial charge in [0, 0.05) is 37.9 Å².